The molecule has 0 aromatic carbocycles. The topological polar surface area (TPSA) is 66.6 Å². The van der Waals surface area contributed by atoms with E-state index in [9.17, 15) is 4.79 Å². The van der Waals surface area contributed by atoms with Gasteiger partial charge >= 0.3 is 0 Å². The van der Waals surface area contributed by atoms with Gasteiger partial charge in [0.2, 0.25) is 5.91 Å². The molecule has 0 aromatic rings. The molecule has 4 heteroatoms. The molecular weight excluding hydrogens is 228 g/mol. The van der Waals surface area contributed by atoms with E-state index in [-0.39, 0.29) is 12.5 Å². The van der Waals surface area contributed by atoms with Crippen molar-refractivity contribution in [3.05, 3.63) is 0 Å². The number of aliphatic hydroxyl groups excluding tert-OH is 1. The molecule has 4 nitrogen and oxygen atoms in total. The van der Waals surface area contributed by atoms with E-state index in [4.69, 9.17) is 10.8 Å². The zero-order valence-electron chi connectivity index (χ0n) is 11.8. The van der Waals surface area contributed by atoms with Crippen LogP contribution in [0.3, 0.4) is 0 Å². The summed E-state index contributed by atoms with van der Waals surface area (Å²) < 4.78 is 0. The highest BCUT2D eigenvalue weighted by Gasteiger charge is 2.27. The number of nitrogens with two attached hydrogens (primary N) is 1. The van der Waals surface area contributed by atoms with E-state index in [0.29, 0.717) is 30.7 Å². The second kappa shape index (κ2) is 7.74. The van der Waals surface area contributed by atoms with Crippen molar-refractivity contribution in [2.24, 2.45) is 23.5 Å². The van der Waals surface area contributed by atoms with Gasteiger partial charge in [-0.25, -0.2) is 0 Å². The summed E-state index contributed by atoms with van der Waals surface area (Å²) in [5.74, 6) is 1.63. The number of rotatable bonds is 7. The summed E-state index contributed by atoms with van der Waals surface area (Å²) >= 11 is 0. The molecule has 1 saturated heterocycles. The standard InChI is InChI=1S/C14H28N2O2/c1-11(2)7-13(9-15)8-14(18)16-5-3-12(10-16)4-6-17/h11-13,17H,3-10,15H2,1-2H3/t12?,13-/m0/s1. The van der Waals surface area contributed by atoms with Gasteiger partial charge in [0.05, 0.1) is 0 Å². The van der Waals surface area contributed by atoms with Crippen LogP contribution in [0.15, 0.2) is 0 Å². The largest absolute Gasteiger partial charge is 0.396 e. The van der Waals surface area contributed by atoms with Gasteiger partial charge < -0.3 is 15.7 Å². The van der Waals surface area contributed by atoms with Gasteiger partial charge in [-0.3, -0.25) is 4.79 Å². The Morgan fingerprint density at radius 2 is 2.22 bits per heavy atom. The summed E-state index contributed by atoms with van der Waals surface area (Å²) in [4.78, 5) is 14.1. The molecule has 1 rings (SSSR count). The first-order chi connectivity index (χ1) is 8.56. The molecule has 0 bridgehead atoms. The van der Waals surface area contributed by atoms with Crippen LogP contribution in [0.2, 0.25) is 0 Å². The molecule has 0 spiro atoms. The Kier molecular flexibility index (Phi) is 6.65. The second-order valence-corrected chi connectivity index (χ2v) is 5.94. The minimum absolute atomic E-state index is 0.228. The average Bonchev–Trinajstić information content (AvgIpc) is 2.76. The molecule has 106 valence electrons. The van der Waals surface area contributed by atoms with Crippen molar-refractivity contribution >= 4 is 5.91 Å². The van der Waals surface area contributed by atoms with Gasteiger partial charge in [-0.1, -0.05) is 13.8 Å². The minimum atomic E-state index is 0.228. The number of likely N-dealkylation sites (tertiary alicyclic amines) is 1. The number of carbonyl (C=O) groups excluding carboxylic acids is 1. The lowest BCUT2D eigenvalue weighted by atomic mass is 9.94. The number of hydrogen-bond donors (Lipinski definition) is 2. The van der Waals surface area contributed by atoms with Crippen LogP contribution < -0.4 is 5.73 Å². The number of amides is 1. The quantitative estimate of drug-likeness (QED) is 0.720. The monoisotopic (exact) mass is 256 g/mol. The Hall–Kier alpha value is -0.610. The van der Waals surface area contributed by atoms with Crippen molar-refractivity contribution < 1.29 is 9.90 Å². The first-order valence-electron chi connectivity index (χ1n) is 7.15. The highest BCUT2D eigenvalue weighted by Crippen LogP contribution is 2.22. The maximum Gasteiger partial charge on any atom is 0.222 e. The predicted molar refractivity (Wildman–Crippen MR) is 73.0 cm³/mol. The van der Waals surface area contributed by atoms with Crippen LogP contribution in [0.1, 0.15) is 39.5 Å². The third-order valence-corrected chi connectivity index (χ3v) is 3.78. The highest BCUT2D eigenvalue weighted by atomic mass is 16.3. The maximum absolute atomic E-state index is 12.2. The van der Waals surface area contributed by atoms with Crippen LogP contribution >= 0.6 is 0 Å². The van der Waals surface area contributed by atoms with E-state index in [0.717, 1.165) is 32.4 Å². The number of hydrogen-bond acceptors (Lipinski definition) is 3. The van der Waals surface area contributed by atoms with Gasteiger partial charge in [0, 0.05) is 26.1 Å². The summed E-state index contributed by atoms with van der Waals surface area (Å²) in [7, 11) is 0. The maximum atomic E-state index is 12.2. The van der Waals surface area contributed by atoms with E-state index in [2.05, 4.69) is 13.8 Å². The molecule has 1 aliphatic rings. The van der Waals surface area contributed by atoms with Crippen LogP contribution in [-0.4, -0.2) is 42.2 Å². The molecule has 0 radical (unpaired) electrons. The van der Waals surface area contributed by atoms with Gasteiger partial charge in [0.1, 0.15) is 0 Å². The van der Waals surface area contributed by atoms with Gasteiger partial charge in [-0.05, 0) is 43.6 Å². The molecule has 1 amide bonds. The molecule has 2 atom stereocenters. The molecule has 0 saturated carbocycles. The molecule has 18 heavy (non-hydrogen) atoms. The van der Waals surface area contributed by atoms with E-state index >= 15 is 0 Å². The fourth-order valence-corrected chi connectivity index (χ4v) is 2.78. The van der Waals surface area contributed by atoms with Crippen molar-refractivity contribution in [3.63, 3.8) is 0 Å². The van der Waals surface area contributed by atoms with Crippen molar-refractivity contribution in [3.8, 4) is 0 Å². The van der Waals surface area contributed by atoms with Crippen molar-refractivity contribution in [1.29, 1.82) is 0 Å². The SMILES string of the molecule is CC(C)C[C@H](CN)CC(=O)N1CCC(CCO)C1. The van der Waals surface area contributed by atoms with Crippen LogP contribution in [0.25, 0.3) is 0 Å². The Labute approximate surface area is 111 Å². The van der Waals surface area contributed by atoms with Crippen LogP contribution in [0.5, 0.6) is 0 Å². The van der Waals surface area contributed by atoms with Crippen LogP contribution in [0.4, 0.5) is 0 Å². The van der Waals surface area contributed by atoms with E-state index in [1.165, 1.54) is 0 Å². The van der Waals surface area contributed by atoms with Gasteiger partial charge in [-0.15, -0.1) is 0 Å². The number of aliphatic hydroxyl groups is 1. The first kappa shape index (κ1) is 15.4. The van der Waals surface area contributed by atoms with Crippen LogP contribution in [0, 0.1) is 17.8 Å². The third kappa shape index (κ3) is 4.94. The van der Waals surface area contributed by atoms with Crippen molar-refractivity contribution in [1.82, 2.24) is 4.90 Å². The summed E-state index contributed by atoms with van der Waals surface area (Å²) in [6.07, 6.45) is 3.45. The Bertz CT molecular complexity index is 256. The fraction of sp³-hybridized carbons (Fsp3) is 0.929. The summed E-state index contributed by atoms with van der Waals surface area (Å²) in [5, 5.41) is 8.91. The Morgan fingerprint density at radius 1 is 1.50 bits per heavy atom. The van der Waals surface area contributed by atoms with E-state index in [1.54, 1.807) is 0 Å². The molecule has 1 fully saturated rings. The fourth-order valence-electron chi connectivity index (χ4n) is 2.78. The zero-order chi connectivity index (χ0) is 13.5. The summed E-state index contributed by atoms with van der Waals surface area (Å²) in [6.45, 7) is 6.82. The number of nitrogens with zero attached hydrogens (tertiary/aromatic N) is 1. The minimum Gasteiger partial charge on any atom is -0.396 e. The Morgan fingerprint density at radius 3 is 2.78 bits per heavy atom. The lowest BCUT2D eigenvalue weighted by molar-refractivity contribution is -0.131. The molecule has 3 N–H and O–H groups in total. The smallest absolute Gasteiger partial charge is 0.222 e. The normalized spacial score (nSPS) is 21.6. The zero-order valence-corrected chi connectivity index (χ0v) is 11.8. The average molecular weight is 256 g/mol. The molecule has 1 heterocycles. The predicted octanol–water partition coefficient (Wildman–Crippen LogP) is 1.23. The Balaban J connectivity index is 2.36. The lowest BCUT2D eigenvalue weighted by Crippen LogP contribution is -2.32. The lowest BCUT2D eigenvalue weighted by Gasteiger charge is -2.21. The molecule has 0 aromatic heterocycles. The first-order valence-corrected chi connectivity index (χ1v) is 7.15. The molecular formula is C14H28N2O2. The summed E-state index contributed by atoms with van der Waals surface area (Å²) in [5.41, 5.74) is 5.74. The second-order valence-electron chi connectivity index (χ2n) is 5.94. The van der Waals surface area contributed by atoms with Crippen molar-refractivity contribution in [2.75, 3.05) is 26.2 Å². The van der Waals surface area contributed by atoms with Gasteiger partial charge in [0.15, 0.2) is 0 Å². The van der Waals surface area contributed by atoms with E-state index in [1.807, 2.05) is 4.90 Å². The summed E-state index contributed by atoms with van der Waals surface area (Å²) in [6, 6.07) is 0. The van der Waals surface area contributed by atoms with E-state index < -0.39 is 0 Å². The van der Waals surface area contributed by atoms with Gasteiger partial charge in [-0.2, -0.15) is 0 Å². The van der Waals surface area contributed by atoms with Crippen LogP contribution in [-0.2, 0) is 4.79 Å². The van der Waals surface area contributed by atoms with Crippen molar-refractivity contribution in [2.45, 2.75) is 39.5 Å². The van der Waals surface area contributed by atoms with Gasteiger partial charge in [0.25, 0.3) is 0 Å². The third-order valence-electron chi connectivity index (χ3n) is 3.78. The molecule has 1 unspecified atom stereocenters. The number of carbonyl (C=O) groups is 1. The molecule has 0 aliphatic carbocycles. The molecule has 1 aliphatic heterocycles. The highest BCUT2D eigenvalue weighted by molar-refractivity contribution is 5.76.